The van der Waals surface area contributed by atoms with Gasteiger partial charge in [-0.2, -0.15) is 0 Å². The molecule has 3 heterocycles. The molecule has 5 rings (SSSR count). The molecule has 0 saturated heterocycles. The SMILES string of the molecule is Cc1cc([C@H]2N=C(N)Nc3nc4ccccc4n32)c(C)n1-c1ccccc1F. The number of hydrogen-bond donors (Lipinski definition) is 2. The Balaban J connectivity index is 1.74. The summed E-state index contributed by atoms with van der Waals surface area (Å²) in [5.41, 5.74) is 11.2. The first-order valence-electron chi connectivity index (χ1n) is 9.05. The maximum absolute atomic E-state index is 14.5. The summed E-state index contributed by atoms with van der Waals surface area (Å²) in [7, 11) is 0. The summed E-state index contributed by atoms with van der Waals surface area (Å²) in [6, 6.07) is 16.7. The first-order chi connectivity index (χ1) is 13.5. The van der Waals surface area contributed by atoms with Crippen LogP contribution in [0.4, 0.5) is 10.3 Å². The van der Waals surface area contributed by atoms with E-state index in [-0.39, 0.29) is 12.0 Å². The van der Waals surface area contributed by atoms with Crippen LogP contribution in [0.1, 0.15) is 23.1 Å². The van der Waals surface area contributed by atoms with Crippen molar-refractivity contribution in [3.8, 4) is 5.69 Å². The first kappa shape index (κ1) is 16.6. The Morgan fingerprint density at radius 1 is 1.07 bits per heavy atom. The third-order valence-electron chi connectivity index (χ3n) is 5.18. The first-order valence-corrected chi connectivity index (χ1v) is 9.05. The van der Waals surface area contributed by atoms with Crippen molar-refractivity contribution in [2.24, 2.45) is 10.7 Å². The van der Waals surface area contributed by atoms with Gasteiger partial charge in [-0.1, -0.05) is 24.3 Å². The number of anilines is 1. The molecule has 140 valence electrons. The summed E-state index contributed by atoms with van der Waals surface area (Å²) in [6.45, 7) is 3.94. The monoisotopic (exact) mass is 374 g/mol. The van der Waals surface area contributed by atoms with Gasteiger partial charge in [-0.25, -0.2) is 14.4 Å². The van der Waals surface area contributed by atoms with Crippen molar-refractivity contribution in [1.29, 1.82) is 0 Å². The van der Waals surface area contributed by atoms with E-state index in [1.54, 1.807) is 12.1 Å². The van der Waals surface area contributed by atoms with Gasteiger partial charge in [0.2, 0.25) is 5.95 Å². The fraction of sp³-hybridized carbons (Fsp3) is 0.143. The predicted molar refractivity (Wildman–Crippen MR) is 108 cm³/mol. The quantitative estimate of drug-likeness (QED) is 0.559. The van der Waals surface area contributed by atoms with Gasteiger partial charge >= 0.3 is 0 Å². The fourth-order valence-corrected chi connectivity index (χ4v) is 3.98. The van der Waals surface area contributed by atoms with Crippen LogP contribution < -0.4 is 11.1 Å². The van der Waals surface area contributed by atoms with Gasteiger partial charge in [0, 0.05) is 17.0 Å². The second-order valence-corrected chi connectivity index (χ2v) is 6.92. The van der Waals surface area contributed by atoms with E-state index in [4.69, 9.17) is 5.73 Å². The Bertz CT molecular complexity index is 1250. The van der Waals surface area contributed by atoms with Crippen LogP contribution in [0.5, 0.6) is 0 Å². The molecule has 0 fully saturated rings. The van der Waals surface area contributed by atoms with Gasteiger partial charge in [0.1, 0.15) is 5.82 Å². The van der Waals surface area contributed by atoms with Crippen LogP contribution in [0.25, 0.3) is 16.7 Å². The van der Waals surface area contributed by atoms with Gasteiger partial charge in [0.15, 0.2) is 12.1 Å². The standard InChI is InChI=1S/C21H19FN6/c1-12-11-14(13(2)27(12)17-9-5-3-7-15(17)22)19-25-20(23)26-21-24-16-8-4-6-10-18(16)28(19)21/h3-11,19H,1-2H3,(H3,23,24,25,26)/t19-/m0/s1. The Labute approximate surface area is 161 Å². The van der Waals surface area contributed by atoms with Gasteiger partial charge in [0.25, 0.3) is 0 Å². The number of guanidine groups is 1. The molecule has 0 spiro atoms. The highest BCUT2D eigenvalue weighted by Crippen LogP contribution is 2.35. The average Bonchev–Trinajstić information content (AvgIpc) is 3.18. The number of aliphatic imine (C=N–C) groups is 1. The number of halogens is 1. The highest BCUT2D eigenvalue weighted by molar-refractivity contribution is 5.94. The highest BCUT2D eigenvalue weighted by atomic mass is 19.1. The lowest BCUT2D eigenvalue weighted by Gasteiger charge is -2.24. The number of para-hydroxylation sites is 3. The van der Waals surface area contributed by atoms with E-state index in [1.165, 1.54) is 6.07 Å². The minimum absolute atomic E-state index is 0.266. The van der Waals surface area contributed by atoms with Crippen molar-refractivity contribution in [2.75, 3.05) is 5.32 Å². The van der Waals surface area contributed by atoms with Crippen molar-refractivity contribution in [3.05, 3.63) is 77.4 Å². The number of fused-ring (bicyclic) bond motifs is 3. The Hall–Kier alpha value is -3.61. The van der Waals surface area contributed by atoms with Crippen molar-refractivity contribution in [3.63, 3.8) is 0 Å². The van der Waals surface area contributed by atoms with Crippen molar-refractivity contribution < 1.29 is 4.39 Å². The van der Waals surface area contributed by atoms with Gasteiger partial charge in [-0.05, 0) is 44.2 Å². The minimum Gasteiger partial charge on any atom is -0.370 e. The molecule has 1 aliphatic rings. The molecule has 2 aromatic carbocycles. The molecule has 7 heteroatoms. The van der Waals surface area contributed by atoms with Gasteiger partial charge in [-0.3, -0.25) is 9.88 Å². The van der Waals surface area contributed by atoms with Crippen molar-refractivity contribution >= 4 is 22.9 Å². The van der Waals surface area contributed by atoms with Crippen LogP contribution in [0, 0.1) is 19.7 Å². The Kier molecular flexibility index (Phi) is 3.52. The Morgan fingerprint density at radius 2 is 1.82 bits per heavy atom. The highest BCUT2D eigenvalue weighted by Gasteiger charge is 2.28. The summed E-state index contributed by atoms with van der Waals surface area (Å²) in [5, 5.41) is 3.04. The largest absolute Gasteiger partial charge is 0.370 e. The number of aryl methyl sites for hydroxylation is 1. The number of nitrogens with two attached hydrogens (primary N) is 1. The Morgan fingerprint density at radius 3 is 2.64 bits per heavy atom. The van der Waals surface area contributed by atoms with Crippen LogP contribution in [0.15, 0.2) is 59.6 Å². The van der Waals surface area contributed by atoms with Crippen LogP contribution in [-0.2, 0) is 0 Å². The predicted octanol–water partition coefficient (Wildman–Crippen LogP) is 3.87. The molecule has 28 heavy (non-hydrogen) atoms. The minimum atomic E-state index is -0.379. The number of hydrogen-bond acceptors (Lipinski definition) is 4. The molecule has 0 amide bonds. The smallest absolute Gasteiger partial charge is 0.212 e. The summed E-state index contributed by atoms with van der Waals surface area (Å²) in [6.07, 6.45) is -0.379. The molecule has 3 N–H and O–H groups in total. The molecular weight excluding hydrogens is 355 g/mol. The molecule has 4 aromatic rings. The van der Waals surface area contributed by atoms with Crippen molar-refractivity contribution in [2.45, 2.75) is 20.0 Å². The lowest BCUT2D eigenvalue weighted by molar-refractivity contribution is 0.609. The molecule has 0 radical (unpaired) electrons. The van der Waals surface area contributed by atoms with Gasteiger partial charge in [0.05, 0.1) is 16.7 Å². The zero-order chi connectivity index (χ0) is 19.4. The van der Waals surface area contributed by atoms with Crippen LogP contribution >= 0.6 is 0 Å². The van der Waals surface area contributed by atoms with E-state index < -0.39 is 0 Å². The lowest BCUT2D eigenvalue weighted by atomic mass is 10.1. The molecule has 1 atom stereocenters. The van der Waals surface area contributed by atoms with Crippen LogP contribution in [0.3, 0.4) is 0 Å². The van der Waals surface area contributed by atoms with Crippen LogP contribution in [0.2, 0.25) is 0 Å². The molecule has 1 aliphatic heterocycles. The zero-order valence-corrected chi connectivity index (χ0v) is 15.5. The number of rotatable bonds is 2. The maximum Gasteiger partial charge on any atom is 0.212 e. The summed E-state index contributed by atoms with van der Waals surface area (Å²) >= 11 is 0. The van der Waals surface area contributed by atoms with Gasteiger partial charge < -0.3 is 10.3 Å². The fourth-order valence-electron chi connectivity index (χ4n) is 3.98. The molecule has 0 aliphatic carbocycles. The molecule has 2 aromatic heterocycles. The number of aromatic nitrogens is 3. The van der Waals surface area contributed by atoms with Crippen molar-refractivity contribution in [1.82, 2.24) is 14.1 Å². The van der Waals surface area contributed by atoms with E-state index in [1.807, 2.05) is 59.4 Å². The van der Waals surface area contributed by atoms with E-state index in [0.717, 1.165) is 28.0 Å². The average molecular weight is 374 g/mol. The molecule has 0 saturated carbocycles. The second-order valence-electron chi connectivity index (χ2n) is 6.92. The summed E-state index contributed by atoms with van der Waals surface area (Å²) < 4.78 is 18.4. The number of nitrogens with one attached hydrogen (secondary N) is 1. The number of nitrogens with zero attached hydrogens (tertiary/aromatic N) is 4. The van der Waals surface area contributed by atoms with E-state index >= 15 is 0 Å². The lowest BCUT2D eigenvalue weighted by Crippen LogP contribution is -2.31. The van der Waals surface area contributed by atoms with E-state index in [9.17, 15) is 4.39 Å². The molecule has 0 bridgehead atoms. The van der Waals surface area contributed by atoms with E-state index in [0.29, 0.717) is 17.6 Å². The third-order valence-corrected chi connectivity index (χ3v) is 5.18. The summed E-state index contributed by atoms with van der Waals surface area (Å²) in [4.78, 5) is 9.28. The molecular formula is C21H19FN6. The summed E-state index contributed by atoms with van der Waals surface area (Å²) in [5.74, 6) is 0.691. The van der Waals surface area contributed by atoms with Gasteiger partial charge in [-0.15, -0.1) is 0 Å². The normalized spacial score (nSPS) is 16.0. The maximum atomic E-state index is 14.5. The second kappa shape index (κ2) is 5.95. The topological polar surface area (TPSA) is 73.2 Å². The van der Waals surface area contributed by atoms with Crippen LogP contribution in [-0.4, -0.2) is 20.1 Å². The third kappa shape index (κ3) is 2.32. The number of imidazole rings is 1. The van der Waals surface area contributed by atoms with E-state index in [2.05, 4.69) is 15.3 Å². The number of benzene rings is 2. The molecule has 0 unspecified atom stereocenters. The molecule has 6 nitrogen and oxygen atoms in total. The zero-order valence-electron chi connectivity index (χ0n) is 15.5.